The van der Waals surface area contributed by atoms with E-state index >= 15 is 0 Å². The van der Waals surface area contributed by atoms with Crippen LogP contribution in [0.3, 0.4) is 0 Å². The summed E-state index contributed by atoms with van der Waals surface area (Å²) in [4.78, 5) is 14.0. The summed E-state index contributed by atoms with van der Waals surface area (Å²) in [5.41, 5.74) is 8.04. The molecule has 1 amide bonds. The molecule has 1 aromatic rings. The van der Waals surface area contributed by atoms with Crippen LogP contribution in [0.25, 0.3) is 0 Å². The Morgan fingerprint density at radius 2 is 1.90 bits per heavy atom. The lowest BCUT2D eigenvalue weighted by atomic mass is 10.1. The number of aryl methyl sites for hydroxylation is 1. The molecular weight excluding hydrogens is 252 g/mol. The lowest BCUT2D eigenvalue weighted by Gasteiger charge is -2.24. The maximum Gasteiger partial charge on any atom is 0.263 e. The van der Waals surface area contributed by atoms with Crippen molar-refractivity contribution >= 4 is 5.91 Å². The third-order valence-corrected chi connectivity index (χ3v) is 3.38. The molecule has 0 aliphatic heterocycles. The first-order valence-corrected chi connectivity index (χ1v) is 7.22. The van der Waals surface area contributed by atoms with Crippen LogP contribution in [-0.4, -0.2) is 30.0 Å². The van der Waals surface area contributed by atoms with Crippen molar-refractivity contribution in [3.05, 3.63) is 29.3 Å². The van der Waals surface area contributed by atoms with Crippen LogP contribution in [0, 0.1) is 6.92 Å². The fourth-order valence-electron chi connectivity index (χ4n) is 2.16. The number of nitrogens with two attached hydrogens (primary N) is 1. The SMILES string of the molecule is CCN(CC)C(=O)C(C)Oc1ccc(C)cc1C(C)N. The van der Waals surface area contributed by atoms with E-state index < -0.39 is 6.10 Å². The molecule has 0 fully saturated rings. The predicted octanol–water partition coefficient (Wildman–Crippen LogP) is 2.65. The van der Waals surface area contributed by atoms with Crippen LogP contribution in [0.4, 0.5) is 0 Å². The first-order valence-electron chi connectivity index (χ1n) is 7.22. The van der Waals surface area contributed by atoms with Crippen LogP contribution < -0.4 is 10.5 Å². The fourth-order valence-corrected chi connectivity index (χ4v) is 2.16. The van der Waals surface area contributed by atoms with Gasteiger partial charge in [-0.15, -0.1) is 0 Å². The molecule has 0 bridgehead atoms. The zero-order valence-electron chi connectivity index (χ0n) is 13.1. The topological polar surface area (TPSA) is 55.6 Å². The number of hydrogen-bond donors (Lipinski definition) is 1. The molecule has 0 aliphatic carbocycles. The summed E-state index contributed by atoms with van der Waals surface area (Å²) >= 11 is 0. The number of rotatable bonds is 6. The Morgan fingerprint density at radius 3 is 2.40 bits per heavy atom. The summed E-state index contributed by atoms with van der Waals surface area (Å²) in [5.74, 6) is 0.699. The Morgan fingerprint density at radius 1 is 1.30 bits per heavy atom. The van der Waals surface area contributed by atoms with E-state index in [4.69, 9.17) is 10.5 Å². The molecule has 0 saturated heterocycles. The van der Waals surface area contributed by atoms with Crippen molar-refractivity contribution in [3.63, 3.8) is 0 Å². The highest BCUT2D eigenvalue weighted by Crippen LogP contribution is 2.26. The number of carbonyl (C=O) groups is 1. The Bertz CT molecular complexity index is 454. The molecule has 1 rings (SSSR count). The van der Waals surface area contributed by atoms with Crippen molar-refractivity contribution in [3.8, 4) is 5.75 Å². The van der Waals surface area contributed by atoms with Crippen molar-refractivity contribution < 1.29 is 9.53 Å². The van der Waals surface area contributed by atoms with Gasteiger partial charge in [-0.05, 0) is 40.7 Å². The second-order valence-corrected chi connectivity index (χ2v) is 5.10. The molecule has 0 aliphatic rings. The Labute approximate surface area is 121 Å². The Hall–Kier alpha value is -1.55. The minimum absolute atomic E-state index is 0.00574. The highest BCUT2D eigenvalue weighted by molar-refractivity contribution is 5.80. The number of likely N-dealkylation sites (N-methyl/N-ethyl adjacent to an activating group) is 1. The Kier molecular flexibility index (Phi) is 6.02. The minimum Gasteiger partial charge on any atom is -0.481 e. The first kappa shape index (κ1) is 16.5. The molecule has 1 aromatic carbocycles. The van der Waals surface area contributed by atoms with Crippen LogP contribution in [-0.2, 0) is 4.79 Å². The summed E-state index contributed by atoms with van der Waals surface area (Å²) in [6, 6.07) is 5.74. The van der Waals surface area contributed by atoms with Gasteiger partial charge in [-0.25, -0.2) is 0 Å². The van der Waals surface area contributed by atoms with Crippen LogP contribution in [0.5, 0.6) is 5.75 Å². The lowest BCUT2D eigenvalue weighted by molar-refractivity contribution is -0.137. The van der Waals surface area contributed by atoms with Gasteiger partial charge in [0.1, 0.15) is 5.75 Å². The molecule has 2 unspecified atom stereocenters. The summed E-state index contributed by atoms with van der Waals surface area (Å²) in [6.07, 6.45) is -0.505. The number of ether oxygens (including phenoxy) is 1. The maximum atomic E-state index is 12.2. The van der Waals surface area contributed by atoms with E-state index in [9.17, 15) is 4.79 Å². The van der Waals surface area contributed by atoms with E-state index in [1.807, 2.05) is 45.9 Å². The van der Waals surface area contributed by atoms with Gasteiger partial charge >= 0.3 is 0 Å². The Balaban J connectivity index is 2.90. The zero-order valence-corrected chi connectivity index (χ0v) is 13.1. The lowest BCUT2D eigenvalue weighted by Crippen LogP contribution is -2.40. The van der Waals surface area contributed by atoms with Gasteiger partial charge in [-0.2, -0.15) is 0 Å². The molecule has 2 N–H and O–H groups in total. The molecule has 0 spiro atoms. The van der Waals surface area contributed by atoms with Gasteiger partial charge in [0.15, 0.2) is 6.10 Å². The molecule has 20 heavy (non-hydrogen) atoms. The molecule has 0 aromatic heterocycles. The zero-order chi connectivity index (χ0) is 15.3. The third-order valence-electron chi connectivity index (χ3n) is 3.38. The molecule has 0 radical (unpaired) electrons. The van der Waals surface area contributed by atoms with E-state index in [1.54, 1.807) is 11.8 Å². The largest absolute Gasteiger partial charge is 0.481 e. The van der Waals surface area contributed by atoms with Gasteiger partial charge < -0.3 is 15.4 Å². The number of amides is 1. The summed E-state index contributed by atoms with van der Waals surface area (Å²) < 4.78 is 5.84. The number of hydrogen-bond acceptors (Lipinski definition) is 3. The quantitative estimate of drug-likeness (QED) is 0.870. The number of benzene rings is 1. The normalized spacial score (nSPS) is 13.7. The van der Waals surface area contributed by atoms with E-state index in [-0.39, 0.29) is 11.9 Å². The summed E-state index contributed by atoms with van der Waals surface area (Å²) in [7, 11) is 0. The molecule has 4 heteroatoms. The van der Waals surface area contributed by atoms with Crippen molar-refractivity contribution in [2.75, 3.05) is 13.1 Å². The molecule has 2 atom stereocenters. The average Bonchev–Trinajstić information content (AvgIpc) is 2.41. The van der Waals surface area contributed by atoms with Crippen molar-refractivity contribution in [1.29, 1.82) is 0 Å². The molecule has 0 heterocycles. The van der Waals surface area contributed by atoms with Crippen LogP contribution in [0.1, 0.15) is 44.9 Å². The predicted molar refractivity (Wildman–Crippen MR) is 81.8 cm³/mol. The second-order valence-electron chi connectivity index (χ2n) is 5.10. The van der Waals surface area contributed by atoms with Gasteiger partial charge in [0, 0.05) is 24.7 Å². The summed E-state index contributed by atoms with van der Waals surface area (Å²) in [5, 5.41) is 0. The van der Waals surface area contributed by atoms with Crippen LogP contribution >= 0.6 is 0 Å². The minimum atomic E-state index is -0.505. The molecule has 0 saturated carbocycles. The monoisotopic (exact) mass is 278 g/mol. The van der Waals surface area contributed by atoms with Crippen molar-refractivity contribution in [2.45, 2.75) is 46.8 Å². The third kappa shape index (κ3) is 3.97. The van der Waals surface area contributed by atoms with Crippen LogP contribution in [0.15, 0.2) is 18.2 Å². The van der Waals surface area contributed by atoms with Crippen molar-refractivity contribution in [1.82, 2.24) is 4.90 Å². The van der Waals surface area contributed by atoms with Crippen LogP contribution in [0.2, 0.25) is 0 Å². The van der Waals surface area contributed by atoms with E-state index in [0.717, 1.165) is 11.1 Å². The smallest absolute Gasteiger partial charge is 0.263 e. The van der Waals surface area contributed by atoms with Gasteiger partial charge in [-0.3, -0.25) is 4.79 Å². The van der Waals surface area contributed by atoms with Gasteiger partial charge in [-0.1, -0.05) is 17.7 Å². The van der Waals surface area contributed by atoms with E-state index in [0.29, 0.717) is 18.8 Å². The maximum absolute atomic E-state index is 12.2. The number of carbonyl (C=O) groups excluding carboxylic acids is 1. The average molecular weight is 278 g/mol. The van der Waals surface area contributed by atoms with Crippen molar-refractivity contribution in [2.24, 2.45) is 5.73 Å². The highest BCUT2D eigenvalue weighted by Gasteiger charge is 2.21. The number of nitrogens with zero attached hydrogens (tertiary/aromatic N) is 1. The molecule has 112 valence electrons. The van der Waals surface area contributed by atoms with Gasteiger partial charge in [0.05, 0.1) is 0 Å². The first-order chi connectivity index (χ1) is 9.40. The highest BCUT2D eigenvalue weighted by atomic mass is 16.5. The molecule has 4 nitrogen and oxygen atoms in total. The second kappa shape index (κ2) is 7.29. The molecular formula is C16H26N2O2. The standard InChI is InChI=1S/C16H26N2O2/c1-6-18(7-2)16(19)13(5)20-15-9-8-11(3)10-14(15)12(4)17/h8-10,12-13H,6-7,17H2,1-5H3. The summed E-state index contributed by atoms with van der Waals surface area (Å²) in [6.45, 7) is 11.0. The van der Waals surface area contributed by atoms with E-state index in [1.165, 1.54) is 0 Å². The van der Waals surface area contributed by atoms with Gasteiger partial charge in [0.25, 0.3) is 5.91 Å². The van der Waals surface area contributed by atoms with Gasteiger partial charge in [0.2, 0.25) is 0 Å². The van der Waals surface area contributed by atoms with E-state index in [2.05, 4.69) is 0 Å². The fraction of sp³-hybridized carbons (Fsp3) is 0.562.